The molecule has 0 unspecified atom stereocenters. The minimum absolute atomic E-state index is 0.244. The molecule has 0 radical (unpaired) electrons. The second-order valence-electron chi connectivity index (χ2n) is 5.13. The Hall–Kier alpha value is -2.25. The van der Waals surface area contributed by atoms with Gasteiger partial charge in [0.05, 0.1) is 18.5 Å². The van der Waals surface area contributed by atoms with E-state index in [4.69, 9.17) is 9.26 Å². The minimum Gasteiger partial charge on any atom is -0.494 e. The molecule has 0 bridgehead atoms. The highest BCUT2D eigenvalue weighted by Crippen LogP contribution is 2.22. The van der Waals surface area contributed by atoms with E-state index in [9.17, 15) is 4.39 Å². The maximum Gasteiger partial charge on any atom is 0.241 e. The predicted octanol–water partition coefficient (Wildman–Crippen LogP) is 3.58. The Morgan fingerprint density at radius 2 is 2.17 bits per heavy atom. The number of rotatable bonds is 6. The van der Waals surface area contributed by atoms with Crippen LogP contribution in [0.5, 0.6) is 5.75 Å². The second kappa shape index (κ2) is 6.89. The first-order valence-corrected chi connectivity index (χ1v) is 7.91. The normalized spacial score (nSPS) is 11.1. The SMILES string of the molecule is COc1ccc(CN(C)Cc2nc(-c3cccs3)no2)cc1F. The van der Waals surface area contributed by atoms with Crippen molar-refractivity contribution in [1.82, 2.24) is 15.0 Å². The number of halogens is 1. The van der Waals surface area contributed by atoms with Gasteiger partial charge < -0.3 is 9.26 Å². The summed E-state index contributed by atoms with van der Waals surface area (Å²) in [6.07, 6.45) is 0. The van der Waals surface area contributed by atoms with E-state index in [0.29, 0.717) is 24.8 Å². The molecule has 0 N–H and O–H groups in total. The van der Waals surface area contributed by atoms with Gasteiger partial charge >= 0.3 is 0 Å². The Kier molecular flexibility index (Phi) is 4.68. The van der Waals surface area contributed by atoms with Crippen molar-refractivity contribution in [3.8, 4) is 16.5 Å². The van der Waals surface area contributed by atoms with Crippen molar-refractivity contribution in [2.24, 2.45) is 0 Å². The maximum absolute atomic E-state index is 13.7. The van der Waals surface area contributed by atoms with Gasteiger partial charge in [0.15, 0.2) is 11.6 Å². The van der Waals surface area contributed by atoms with Crippen molar-refractivity contribution in [2.45, 2.75) is 13.1 Å². The summed E-state index contributed by atoms with van der Waals surface area (Å²) in [5.74, 6) is 1.01. The lowest BCUT2D eigenvalue weighted by Gasteiger charge is -2.14. The second-order valence-corrected chi connectivity index (χ2v) is 6.08. The van der Waals surface area contributed by atoms with Crippen molar-refractivity contribution >= 4 is 11.3 Å². The van der Waals surface area contributed by atoms with Gasteiger partial charge in [0.1, 0.15) is 0 Å². The lowest BCUT2D eigenvalue weighted by Crippen LogP contribution is -2.17. The molecule has 0 fully saturated rings. The zero-order valence-electron chi connectivity index (χ0n) is 12.8. The summed E-state index contributed by atoms with van der Waals surface area (Å²) in [6.45, 7) is 1.06. The highest BCUT2D eigenvalue weighted by Gasteiger charge is 2.12. The zero-order chi connectivity index (χ0) is 16.2. The van der Waals surface area contributed by atoms with Crippen molar-refractivity contribution in [3.63, 3.8) is 0 Å². The third kappa shape index (κ3) is 3.75. The number of hydrogen-bond donors (Lipinski definition) is 0. The molecule has 3 rings (SSSR count). The summed E-state index contributed by atoms with van der Waals surface area (Å²) in [7, 11) is 3.36. The predicted molar refractivity (Wildman–Crippen MR) is 85.7 cm³/mol. The lowest BCUT2D eigenvalue weighted by atomic mass is 10.2. The Morgan fingerprint density at radius 3 is 2.87 bits per heavy atom. The Morgan fingerprint density at radius 1 is 1.30 bits per heavy atom. The first-order chi connectivity index (χ1) is 11.2. The highest BCUT2D eigenvalue weighted by molar-refractivity contribution is 7.13. The fraction of sp³-hybridized carbons (Fsp3) is 0.250. The van der Waals surface area contributed by atoms with Crippen LogP contribution >= 0.6 is 11.3 Å². The van der Waals surface area contributed by atoms with Gasteiger partial charge in [-0.2, -0.15) is 4.98 Å². The van der Waals surface area contributed by atoms with E-state index in [0.717, 1.165) is 10.4 Å². The van der Waals surface area contributed by atoms with E-state index in [-0.39, 0.29) is 11.6 Å². The fourth-order valence-electron chi connectivity index (χ4n) is 2.23. The van der Waals surface area contributed by atoms with E-state index >= 15 is 0 Å². The van der Waals surface area contributed by atoms with Crippen molar-refractivity contribution < 1.29 is 13.7 Å². The molecule has 0 spiro atoms. The molecule has 1 aromatic carbocycles. The summed E-state index contributed by atoms with van der Waals surface area (Å²) in [5.41, 5.74) is 0.851. The van der Waals surface area contributed by atoms with Gasteiger partial charge in [-0.25, -0.2) is 4.39 Å². The van der Waals surface area contributed by atoms with E-state index < -0.39 is 0 Å². The van der Waals surface area contributed by atoms with Crippen LogP contribution in [0.2, 0.25) is 0 Å². The minimum atomic E-state index is -0.365. The van der Waals surface area contributed by atoms with E-state index in [2.05, 4.69) is 10.1 Å². The molecule has 5 nitrogen and oxygen atoms in total. The molecule has 0 saturated carbocycles. The summed E-state index contributed by atoms with van der Waals surface area (Å²) >= 11 is 1.56. The first-order valence-electron chi connectivity index (χ1n) is 7.03. The molecule has 0 atom stereocenters. The van der Waals surface area contributed by atoms with Crippen LogP contribution in [0.25, 0.3) is 10.7 Å². The van der Waals surface area contributed by atoms with E-state index in [1.165, 1.54) is 13.2 Å². The molecule has 3 aromatic rings. The average Bonchev–Trinajstić information content (AvgIpc) is 3.18. The van der Waals surface area contributed by atoms with Gasteiger partial charge in [-0.1, -0.05) is 17.3 Å². The summed E-state index contributed by atoms with van der Waals surface area (Å²) in [6, 6.07) is 8.83. The maximum atomic E-state index is 13.7. The average molecular weight is 333 g/mol. The number of methoxy groups -OCH3 is 1. The molecule has 0 amide bonds. The van der Waals surface area contributed by atoms with Crippen LogP contribution in [0.15, 0.2) is 40.2 Å². The van der Waals surface area contributed by atoms with Crippen molar-refractivity contribution in [2.75, 3.05) is 14.2 Å². The molecule has 0 aliphatic rings. The van der Waals surface area contributed by atoms with Crippen LogP contribution in [0.3, 0.4) is 0 Å². The fourth-order valence-corrected chi connectivity index (χ4v) is 2.88. The van der Waals surface area contributed by atoms with Gasteiger partial charge in [-0.15, -0.1) is 11.3 Å². The first kappa shape index (κ1) is 15.6. The zero-order valence-corrected chi connectivity index (χ0v) is 13.6. The summed E-state index contributed by atoms with van der Waals surface area (Å²) in [5, 5.41) is 5.94. The van der Waals surface area contributed by atoms with Crippen LogP contribution < -0.4 is 4.74 Å². The third-order valence-corrected chi connectivity index (χ3v) is 4.15. The quantitative estimate of drug-likeness (QED) is 0.690. The molecule has 0 saturated heterocycles. The van der Waals surface area contributed by atoms with Crippen LogP contribution in [-0.2, 0) is 13.1 Å². The number of benzene rings is 1. The van der Waals surface area contributed by atoms with Gasteiger partial charge in [0, 0.05) is 6.54 Å². The summed E-state index contributed by atoms with van der Waals surface area (Å²) < 4.78 is 23.9. The van der Waals surface area contributed by atoms with Gasteiger partial charge in [0.25, 0.3) is 0 Å². The third-order valence-electron chi connectivity index (χ3n) is 3.28. The molecule has 0 aliphatic carbocycles. The van der Waals surface area contributed by atoms with Crippen LogP contribution in [-0.4, -0.2) is 29.2 Å². The lowest BCUT2D eigenvalue weighted by molar-refractivity contribution is 0.260. The Bertz CT molecular complexity index is 773. The molecule has 7 heteroatoms. The van der Waals surface area contributed by atoms with Gasteiger partial charge in [-0.3, -0.25) is 4.90 Å². The molecule has 0 aliphatic heterocycles. The van der Waals surface area contributed by atoms with Crippen LogP contribution in [0.1, 0.15) is 11.5 Å². The highest BCUT2D eigenvalue weighted by atomic mass is 32.1. The molecule has 2 aromatic heterocycles. The topological polar surface area (TPSA) is 51.4 Å². The molecule has 23 heavy (non-hydrogen) atoms. The molecular weight excluding hydrogens is 317 g/mol. The summed E-state index contributed by atoms with van der Waals surface area (Å²) in [4.78, 5) is 7.33. The molecule has 120 valence electrons. The molecular formula is C16H16FN3O2S. The Labute approximate surface area is 137 Å². The van der Waals surface area contributed by atoms with Crippen molar-refractivity contribution in [3.05, 3.63) is 53.0 Å². The van der Waals surface area contributed by atoms with E-state index in [1.807, 2.05) is 35.5 Å². The number of nitrogens with zero attached hydrogens (tertiary/aromatic N) is 3. The monoisotopic (exact) mass is 333 g/mol. The molecule has 2 heterocycles. The van der Waals surface area contributed by atoms with Gasteiger partial charge in [0.2, 0.25) is 11.7 Å². The number of aromatic nitrogens is 2. The smallest absolute Gasteiger partial charge is 0.241 e. The van der Waals surface area contributed by atoms with E-state index in [1.54, 1.807) is 17.4 Å². The largest absolute Gasteiger partial charge is 0.494 e. The van der Waals surface area contributed by atoms with Crippen LogP contribution in [0.4, 0.5) is 4.39 Å². The van der Waals surface area contributed by atoms with Crippen LogP contribution in [0, 0.1) is 5.82 Å². The standard InChI is InChI=1S/C16H16FN3O2S/c1-20(9-11-5-6-13(21-2)12(17)8-11)10-15-18-16(19-22-15)14-4-3-7-23-14/h3-8H,9-10H2,1-2H3. The number of hydrogen-bond acceptors (Lipinski definition) is 6. The Balaban J connectivity index is 1.63. The van der Waals surface area contributed by atoms with Crippen molar-refractivity contribution in [1.29, 1.82) is 0 Å². The number of thiophene rings is 1. The van der Waals surface area contributed by atoms with Gasteiger partial charge in [-0.05, 0) is 36.2 Å². The number of ether oxygens (including phenoxy) is 1.